The molecule has 0 spiro atoms. The second-order valence-corrected chi connectivity index (χ2v) is 0.839. The molecule has 0 aliphatic carbocycles. The van der Waals surface area contributed by atoms with Gasteiger partial charge in [-0.25, -0.2) is 0 Å². The van der Waals surface area contributed by atoms with Crippen molar-refractivity contribution >= 4 is 17.4 Å². The molecular weight excluding hydrogens is 88.1 g/mol. The summed E-state index contributed by atoms with van der Waals surface area (Å²) in [5.41, 5.74) is 4.68. The minimum atomic E-state index is -0.134. The van der Waals surface area contributed by atoms with Gasteiger partial charge in [-0.05, 0) is 12.2 Å². The normalized spacial score (nSPS) is 6.60. The van der Waals surface area contributed by atoms with Crippen LogP contribution in [-0.4, -0.2) is 5.17 Å². The van der Waals surface area contributed by atoms with E-state index in [4.69, 9.17) is 0 Å². The van der Waals surface area contributed by atoms with Crippen molar-refractivity contribution < 1.29 is 4.84 Å². The molecule has 0 bridgehead atoms. The van der Waals surface area contributed by atoms with Crippen LogP contribution >= 0.6 is 12.2 Å². The van der Waals surface area contributed by atoms with E-state index >= 15 is 0 Å². The van der Waals surface area contributed by atoms with E-state index in [1.54, 1.807) is 0 Å². The minimum Gasteiger partial charge on any atom is -0.381 e. The van der Waals surface area contributed by atoms with E-state index in [2.05, 4.69) is 28.7 Å². The molecule has 0 saturated heterocycles. The van der Waals surface area contributed by atoms with Crippen LogP contribution in [0, 0.1) is 0 Å². The molecule has 3 nitrogen and oxygen atoms in total. The number of hydrogen-bond acceptors (Lipinski definition) is 3. The molecule has 0 unspecified atom stereocenters. The van der Waals surface area contributed by atoms with E-state index in [0.717, 1.165) is 0 Å². The smallest absolute Gasteiger partial charge is 0.275 e. The van der Waals surface area contributed by atoms with Crippen LogP contribution in [0.4, 0.5) is 0 Å². The lowest BCUT2D eigenvalue weighted by atomic mass is 11.4. The predicted octanol–water partition coefficient (Wildman–Crippen LogP) is -0.880. The second kappa shape index (κ2) is 1.92. The highest BCUT2D eigenvalue weighted by Gasteiger charge is 1.70. The van der Waals surface area contributed by atoms with E-state index in [1.165, 1.54) is 0 Å². The second-order valence-electron chi connectivity index (χ2n) is 0.437. The highest BCUT2D eigenvalue weighted by atomic mass is 32.1. The molecule has 0 radical (unpaired) electrons. The summed E-state index contributed by atoms with van der Waals surface area (Å²) in [5.74, 6) is 4.41. The molecular formula is CH4N2OS. The number of nitrogens with two attached hydrogens (primary N) is 2. The van der Waals surface area contributed by atoms with Gasteiger partial charge in [-0.2, -0.15) is 5.90 Å². The molecule has 30 valence electrons. The Kier molecular flexibility index (Phi) is 1.79. The van der Waals surface area contributed by atoms with E-state index in [9.17, 15) is 0 Å². The summed E-state index contributed by atoms with van der Waals surface area (Å²) in [6, 6.07) is 0. The SMILES string of the molecule is NOC(N)=S. The standard InChI is InChI=1S/CH4N2OS/c2-1(5)4-3/h3H2,(H2,2,5). The number of hydrogen-bond donors (Lipinski definition) is 2. The summed E-state index contributed by atoms with van der Waals surface area (Å²) in [6.07, 6.45) is 0. The van der Waals surface area contributed by atoms with Crippen molar-refractivity contribution in [1.29, 1.82) is 0 Å². The Morgan fingerprint density at radius 2 is 2.00 bits per heavy atom. The zero-order valence-electron chi connectivity index (χ0n) is 2.47. The summed E-state index contributed by atoms with van der Waals surface area (Å²) >= 11 is 4.13. The van der Waals surface area contributed by atoms with Gasteiger partial charge < -0.3 is 10.6 Å². The van der Waals surface area contributed by atoms with Gasteiger partial charge in [0.15, 0.2) is 0 Å². The minimum absolute atomic E-state index is 0.134. The monoisotopic (exact) mass is 92.0 g/mol. The van der Waals surface area contributed by atoms with Crippen molar-refractivity contribution in [3.63, 3.8) is 0 Å². The van der Waals surface area contributed by atoms with Crippen LogP contribution < -0.4 is 11.6 Å². The maximum absolute atomic E-state index is 4.68. The van der Waals surface area contributed by atoms with Crippen molar-refractivity contribution in [1.82, 2.24) is 0 Å². The molecule has 0 aromatic carbocycles. The molecule has 0 fully saturated rings. The summed E-state index contributed by atoms with van der Waals surface area (Å²) in [5, 5.41) is -0.134. The van der Waals surface area contributed by atoms with Gasteiger partial charge >= 0.3 is 0 Å². The summed E-state index contributed by atoms with van der Waals surface area (Å²) in [7, 11) is 0. The van der Waals surface area contributed by atoms with Crippen molar-refractivity contribution in [3.8, 4) is 0 Å². The third kappa shape index (κ3) is 3.65. The topological polar surface area (TPSA) is 61.3 Å². The fraction of sp³-hybridized carbons (Fsp3) is 0. The van der Waals surface area contributed by atoms with Crippen LogP contribution in [0.15, 0.2) is 0 Å². The van der Waals surface area contributed by atoms with Gasteiger partial charge in [0.25, 0.3) is 5.17 Å². The number of thiocarbonyl (C=S) groups is 1. The van der Waals surface area contributed by atoms with Crippen LogP contribution in [0.25, 0.3) is 0 Å². The molecule has 0 aliphatic heterocycles. The van der Waals surface area contributed by atoms with Gasteiger partial charge in [0.05, 0.1) is 0 Å². The van der Waals surface area contributed by atoms with Crippen LogP contribution in [0.2, 0.25) is 0 Å². The summed E-state index contributed by atoms with van der Waals surface area (Å²) < 4.78 is 0. The van der Waals surface area contributed by atoms with E-state index in [1.807, 2.05) is 0 Å². The van der Waals surface area contributed by atoms with Crippen molar-refractivity contribution in [2.24, 2.45) is 11.6 Å². The van der Waals surface area contributed by atoms with Crippen LogP contribution in [0.1, 0.15) is 0 Å². The lowest BCUT2D eigenvalue weighted by Crippen LogP contribution is -2.16. The van der Waals surface area contributed by atoms with Crippen LogP contribution in [0.5, 0.6) is 0 Å². The highest BCUT2D eigenvalue weighted by molar-refractivity contribution is 7.79. The molecule has 0 aromatic rings. The first-order chi connectivity index (χ1) is 2.27. The quantitative estimate of drug-likeness (QED) is 0.301. The fourth-order valence-electron chi connectivity index (χ4n) is 0. The van der Waals surface area contributed by atoms with Crippen LogP contribution in [0.3, 0.4) is 0 Å². The van der Waals surface area contributed by atoms with Crippen molar-refractivity contribution in [2.45, 2.75) is 0 Å². The van der Waals surface area contributed by atoms with Gasteiger partial charge in [-0.15, -0.1) is 0 Å². The molecule has 0 heterocycles. The molecule has 4 heteroatoms. The molecule has 0 saturated carbocycles. The molecule has 0 atom stereocenters. The highest BCUT2D eigenvalue weighted by Crippen LogP contribution is 1.52. The first kappa shape index (κ1) is 4.65. The van der Waals surface area contributed by atoms with Crippen molar-refractivity contribution in [3.05, 3.63) is 0 Å². The molecule has 0 aromatic heterocycles. The Hall–Kier alpha value is -0.350. The fourth-order valence-corrected chi connectivity index (χ4v) is 0. The zero-order valence-corrected chi connectivity index (χ0v) is 3.29. The predicted molar refractivity (Wildman–Crippen MR) is 22.1 cm³/mol. The molecule has 4 N–H and O–H groups in total. The van der Waals surface area contributed by atoms with Crippen molar-refractivity contribution in [2.75, 3.05) is 0 Å². The third-order valence-electron chi connectivity index (χ3n) is 0.116. The lowest BCUT2D eigenvalue weighted by molar-refractivity contribution is 0.325. The van der Waals surface area contributed by atoms with E-state index in [0.29, 0.717) is 0 Å². The maximum Gasteiger partial charge on any atom is 0.275 e. The maximum atomic E-state index is 4.68. The lowest BCUT2D eigenvalue weighted by Gasteiger charge is -1.84. The Labute approximate surface area is 34.8 Å². The average molecular weight is 92.1 g/mol. The van der Waals surface area contributed by atoms with E-state index in [-0.39, 0.29) is 5.17 Å². The Morgan fingerprint density at radius 1 is 1.80 bits per heavy atom. The molecule has 0 amide bonds. The molecule has 5 heavy (non-hydrogen) atoms. The van der Waals surface area contributed by atoms with Crippen LogP contribution in [-0.2, 0) is 4.84 Å². The molecule has 0 aliphatic rings. The molecule has 0 rings (SSSR count). The first-order valence-electron chi connectivity index (χ1n) is 0.933. The van der Waals surface area contributed by atoms with Gasteiger partial charge in [0, 0.05) is 0 Å². The summed E-state index contributed by atoms with van der Waals surface area (Å²) in [6.45, 7) is 0. The Morgan fingerprint density at radius 3 is 2.00 bits per heavy atom. The average Bonchev–Trinajstić information content (AvgIpc) is 1.38. The first-order valence-corrected chi connectivity index (χ1v) is 1.34. The number of rotatable bonds is 0. The Bertz CT molecular complexity index is 44.9. The van der Waals surface area contributed by atoms with E-state index < -0.39 is 0 Å². The van der Waals surface area contributed by atoms with Gasteiger partial charge in [0.1, 0.15) is 0 Å². The zero-order chi connectivity index (χ0) is 4.28. The van der Waals surface area contributed by atoms with Gasteiger partial charge in [-0.1, -0.05) is 0 Å². The summed E-state index contributed by atoms with van der Waals surface area (Å²) in [4.78, 5) is 3.76. The Balaban J connectivity index is 2.85. The largest absolute Gasteiger partial charge is 0.381 e. The van der Waals surface area contributed by atoms with Gasteiger partial charge in [-0.3, -0.25) is 0 Å². The van der Waals surface area contributed by atoms with Gasteiger partial charge in [0.2, 0.25) is 0 Å². The third-order valence-corrected chi connectivity index (χ3v) is 0.212.